The molecule has 1 heterocycles. The predicted molar refractivity (Wildman–Crippen MR) is 46.2 cm³/mol. The van der Waals surface area contributed by atoms with Gasteiger partial charge in [-0.1, -0.05) is 23.2 Å². The van der Waals surface area contributed by atoms with Crippen molar-refractivity contribution in [2.45, 2.75) is 6.92 Å². The summed E-state index contributed by atoms with van der Waals surface area (Å²) in [5, 5.41) is 1.10. The lowest BCUT2D eigenvalue weighted by Crippen LogP contribution is -1.77. The maximum Gasteiger partial charge on any atom is 0.0778 e. The second-order valence-electron chi connectivity index (χ2n) is 1.75. The summed E-state index contributed by atoms with van der Waals surface area (Å²) in [6, 6.07) is 0. The minimum atomic E-state index is 0. The van der Waals surface area contributed by atoms with Crippen LogP contribution in [-0.2, 0) is 0 Å². The van der Waals surface area contributed by atoms with Crippen molar-refractivity contribution in [3.8, 4) is 0 Å². The Morgan fingerprint density at radius 1 is 1.30 bits per heavy atom. The highest BCUT2D eigenvalue weighted by Gasteiger charge is 1.97. The molecule has 0 saturated carbocycles. The zero-order chi connectivity index (χ0) is 6.85. The van der Waals surface area contributed by atoms with Gasteiger partial charge < -0.3 is 0 Å². The Bertz CT molecular complexity index is 204. The Labute approximate surface area is 75.8 Å². The van der Waals surface area contributed by atoms with Crippen molar-refractivity contribution in [3.05, 3.63) is 28.0 Å². The molecular formula is C6H6Cl3N. The summed E-state index contributed by atoms with van der Waals surface area (Å²) >= 11 is 11.3. The second-order valence-corrected chi connectivity index (χ2v) is 2.54. The molecule has 0 bridgehead atoms. The number of hydrogen-bond acceptors (Lipinski definition) is 1. The quantitative estimate of drug-likeness (QED) is 0.624. The Morgan fingerprint density at radius 2 is 1.90 bits per heavy atom. The highest BCUT2D eigenvalue weighted by molar-refractivity contribution is 6.42. The van der Waals surface area contributed by atoms with Crippen molar-refractivity contribution in [3.63, 3.8) is 0 Å². The molecule has 1 aromatic heterocycles. The summed E-state index contributed by atoms with van der Waals surface area (Å²) in [6.45, 7) is 1.86. The molecule has 0 amide bonds. The van der Waals surface area contributed by atoms with Gasteiger partial charge in [-0.15, -0.1) is 12.4 Å². The van der Waals surface area contributed by atoms with Crippen molar-refractivity contribution in [2.24, 2.45) is 0 Å². The van der Waals surface area contributed by atoms with E-state index in [1.54, 1.807) is 6.20 Å². The van der Waals surface area contributed by atoms with Gasteiger partial charge in [0.05, 0.1) is 10.0 Å². The highest BCUT2D eigenvalue weighted by atomic mass is 35.5. The predicted octanol–water partition coefficient (Wildman–Crippen LogP) is 3.12. The van der Waals surface area contributed by atoms with Gasteiger partial charge in [0.15, 0.2) is 0 Å². The van der Waals surface area contributed by atoms with Crippen molar-refractivity contribution in [1.29, 1.82) is 0 Å². The fraction of sp³-hybridized carbons (Fsp3) is 0.167. The molecule has 0 unspecified atom stereocenters. The van der Waals surface area contributed by atoms with Crippen LogP contribution < -0.4 is 0 Å². The zero-order valence-electron chi connectivity index (χ0n) is 5.27. The van der Waals surface area contributed by atoms with E-state index < -0.39 is 0 Å². The molecule has 4 heteroatoms. The molecule has 0 saturated heterocycles. The third-order valence-electron chi connectivity index (χ3n) is 1.01. The van der Waals surface area contributed by atoms with E-state index in [9.17, 15) is 0 Å². The number of aromatic nitrogens is 1. The number of rotatable bonds is 0. The lowest BCUT2D eigenvalue weighted by molar-refractivity contribution is 1.27. The molecule has 0 atom stereocenters. The number of hydrogen-bond donors (Lipinski definition) is 0. The van der Waals surface area contributed by atoms with Gasteiger partial charge in [-0.05, 0) is 12.5 Å². The molecule has 0 aliphatic carbocycles. The lowest BCUT2D eigenvalue weighted by Gasteiger charge is -1.95. The van der Waals surface area contributed by atoms with Crippen molar-refractivity contribution >= 4 is 35.6 Å². The van der Waals surface area contributed by atoms with Crippen LogP contribution in [0.3, 0.4) is 0 Å². The number of halogens is 3. The van der Waals surface area contributed by atoms with Crippen LogP contribution in [0.2, 0.25) is 10.0 Å². The van der Waals surface area contributed by atoms with Gasteiger partial charge in [0.1, 0.15) is 0 Å². The van der Waals surface area contributed by atoms with Crippen LogP contribution in [0.1, 0.15) is 5.56 Å². The molecule has 0 fully saturated rings. The molecular weight excluding hydrogens is 192 g/mol. The smallest absolute Gasteiger partial charge is 0.0778 e. The van der Waals surface area contributed by atoms with Crippen LogP contribution in [-0.4, -0.2) is 4.98 Å². The van der Waals surface area contributed by atoms with E-state index in [1.165, 1.54) is 6.20 Å². The van der Waals surface area contributed by atoms with E-state index in [-0.39, 0.29) is 12.4 Å². The molecule has 0 radical (unpaired) electrons. The van der Waals surface area contributed by atoms with Crippen LogP contribution in [0.5, 0.6) is 0 Å². The average Bonchev–Trinajstić information content (AvgIpc) is 1.83. The van der Waals surface area contributed by atoms with Crippen LogP contribution in [0.4, 0.5) is 0 Å². The fourth-order valence-electron chi connectivity index (χ4n) is 0.516. The van der Waals surface area contributed by atoms with Crippen LogP contribution in [0.15, 0.2) is 12.4 Å². The SMILES string of the molecule is Cc1cncc(Cl)c1Cl.Cl. The van der Waals surface area contributed by atoms with E-state index in [2.05, 4.69) is 4.98 Å². The molecule has 0 aliphatic heterocycles. The van der Waals surface area contributed by atoms with Crippen LogP contribution >= 0.6 is 35.6 Å². The second kappa shape index (κ2) is 4.02. The third-order valence-corrected chi connectivity index (χ3v) is 1.90. The summed E-state index contributed by atoms with van der Waals surface area (Å²) in [5.74, 6) is 0. The van der Waals surface area contributed by atoms with E-state index in [4.69, 9.17) is 23.2 Å². The Kier molecular flexibility index (Phi) is 4.02. The van der Waals surface area contributed by atoms with E-state index in [0.717, 1.165) is 5.56 Å². The molecule has 1 aromatic rings. The van der Waals surface area contributed by atoms with Crippen molar-refractivity contribution in [1.82, 2.24) is 4.98 Å². The summed E-state index contributed by atoms with van der Waals surface area (Å²) < 4.78 is 0. The lowest BCUT2D eigenvalue weighted by atomic mass is 10.3. The van der Waals surface area contributed by atoms with Gasteiger partial charge in [-0.2, -0.15) is 0 Å². The Balaban J connectivity index is 0.000000810. The van der Waals surface area contributed by atoms with Crippen molar-refractivity contribution in [2.75, 3.05) is 0 Å². The van der Waals surface area contributed by atoms with Gasteiger partial charge in [0, 0.05) is 12.4 Å². The fourth-order valence-corrected chi connectivity index (χ4v) is 0.819. The maximum absolute atomic E-state index is 5.71. The van der Waals surface area contributed by atoms with Gasteiger partial charge in [-0.25, -0.2) is 0 Å². The first-order chi connectivity index (χ1) is 4.22. The van der Waals surface area contributed by atoms with Crippen LogP contribution in [0, 0.1) is 6.92 Å². The molecule has 0 aliphatic rings. The molecule has 0 spiro atoms. The van der Waals surface area contributed by atoms with E-state index >= 15 is 0 Å². The Hall–Kier alpha value is 0.0200. The highest BCUT2D eigenvalue weighted by Crippen LogP contribution is 2.22. The van der Waals surface area contributed by atoms with Gasteiger partial charge >= 0.3 is 0 Å². The summed E-state index contributed by atoms with van der Waals surface area (Å²) in [6.07, 6.45) is 3.20. The number of aryl methyl sites for hydroxylation is 1. The van der Waals surface area contributed by atoms with Gasteiger partial charge in [-0.3, -0.25) is 4.98 Å². The first kappa shape index (κ1) is 10.0. The molecule has 56 valence electrons. The minimum Gasteiger partial charge on any atom is -0.263 e. The molecule has 0 N–H and O–H groups in total. The summed E-state index contributed by atoms with van der Waals surface area (Å²) in [4.78, 5) is 3.83. The number of pyridine rings is 1. The van der Waals surface area contributed by atoms with Crippen LogP contribution in [0.25, 0.3) is 0 Å². The first-order valence-electron chi connectivity index (χ1n) is 2.47. The summed E-state index contributed by atoms with van der Waals surface area (Å²) in [7, 11) is 0. The standard InChI is InChI=1S/C6H5Cl2N.ClH/c1-4-2-9-3-5(7)6(4)8;/h2-3H,1H3;1H. The van der Waals surface area contributed by atoms with E-state index in [0.29, 0.717) is 10.0 Å². The Morgan fingerprint density at radius 3 is 2.30 bits per heavy atom. The zero-order valence-corrected chi connectivity index (χ0v) is 7.59. The monoisotopic (exact) mass is 197 g/mol. The molecule has 10 heavy (non-hydrogen) atoms. The van der Waals surface area contributed by atoms with Gasteiger partial charge in [0.2, 0.25) is 0 Å². The number of nitrogens with zero attached hydrogens (tertiary/aromatic N) is 1. The molecule has 1 nitrogen and oxygen atoms in total. The first-order valence-corrected chi connectivity index (χ1v) is 3.23. The van der Waals surface area contributed by atoms with Crippen molar-refractivity contribution < 1.29 is 0 Å². The normalized spacial score (nSPS) is 8.70. The maximum atomic E-state index is 5.71. The largest absolute Gasteiger partial charge is 0.263 e. The van der Waals surface area contributed by atoms with Gasteiger partial charge in [0.25, 0.3) is 0 Å². The molecule has 0 aromatic carbocycles. The van der Waals surface area contributed by atoms with E-state index in [1.807, 2.05) is 6.92 Å². The minimum absolute atomic E-state index is 0. The summed E-state index contributed by atoms with van der Waals surface area (Å²) in [5.41, 5.74) is 0.907. The topological polar surface area (TPSA) is 12.9 Å². The third kappa shape index (κ3) is 2.01. The average molecular weight is 198 g/mol. The molecule has 1 rings (SSSR count).